The van der Waals surface area contributed by atoms with Gasteiger partial charge in [-0.25, -0.2) is 0 Å². The Labute approximate surface area is 159 Å². The van der Waals surface area contributed by atoms with Crippen molar-refractivity contribution in [1.29, 1.82) is 0 Å². The lowest BCUT2D eigenvalue weighted by Gasteiger charge is -2.10. The first kappa shape index (κ1) is 19.4. The van der Waals surface area contributed by atoms with Gasteiger partial charge in [-0.05, 0) is 42.3 Å². The minimum atomic E-state index is -4.41. The standard InChI is InChI=1S/C19H18F3N5O/c1-28-16-7-5-13(6-8-16)9-10-23-18-26-17(12-24-27-18)25-15-4-2-3-14(11-15)19(20,21)22/h2-8,11-12H,9-10H2,1H3,(H2,23,25,26,27). The molecular weight excluding hydrogens is 371 g/mol. The fourth-order valence-corrected chi connectivity index (χ4v) is 2.47. The van der Waals surface area contributed by atoms with Gasteiger partial charge in [0, 0.05) is 12.2 Å². The van der Waals surface area contributed by atoms with Gasteiger partial charge in [-0.3, -0.25) is 0 Å². The minimum absolute atomic E-state index is 0.263. The van der Waals surface area contributed by atoms with Crippen molar-refractivity contribution in [1.82, 2.24) is 15.2 Å². The van der Waals surface area contributed by atoms with Crippen LogP contribution in [0.4, 0.5) is 30.6 Å². The van der Waals surface area contributed by atoms with Gasteiger partial charge in [-0.2, -0.15) is 23.3 Å². The van der Waals surface area contributed by atoms with Gasteiger partial charge in [0.25, 0.3) is 0 Å². The zero-order valence-corrected chi connectivity index (χ0v) is 15.0. The molecule has 3 aromatic rings. The number of alkyl halides is 3. The molecule has 28 heavy (non-hydrogen) atoms. The van der Waals surface area contributed by atoms with Gasteiger partial charge in [0.15, 0.2) is 5.82 Å². The van der Waals surface area contributed by atoms with Gasteiger partial charge in [0.2, 0.25) is 5.95 Å². The van der Waals surface area contributed by atoms with E-state index in [1.807, 2.05) is 24.3 Å². The molecule has 0 amide bonds. The van der Waals surface area contributed by atoms with Crippen molar-refractivity contribution in [2.45, 2.75) is 12.6 Å². The number of methoxy groups -OCH3 is 1. The number of nitrogens with zero attached hydrogens (tertiary/aromatic N) is 3. The first-order valence-electron chi connectivity index (χ1n) is 8.45. The van der Waals surface area contributed by atoms with Crippen LogP contribution >= 0.6 is 0 Å². The second-order valence-electron chi connectivity index (χ2n) is 5.89. The summed E-state index contributed by atoms with van der Waals surface area (Å²) in [7, 11) is 1.61. The van der Waals surface area contributed by atoms with Crippen molar-refractivity contribution in [2.24, 2.45) is 0 Å². The molecule has 0 fully saturated rings. The topological polar surface area (TPSA) is 72.0 Å². The Morgan fingerprint density at radius 2 is 1.86 bits per heavy atom. The summed E-state index contributed by atoms with van der Waals surface area (Å²) in [5.74, 6) is 1.37. The van der Waals surface area contributed by atoms with Gasteiger partial charge in [-0.15, -0.1) is 5.10 Å². The quantitative estimate of drug-likeness (QED) is 0.628. The third-order valence-corrected chi connectivity index (χ3v) is 3.88. The number of halogens is 3. The molecule has 0 aliphatic carbocycles. The SMILES string of the molecule is COc1ccc(CCNc2nncc(Nc3cccc(C(F)(F)F)c3)n2)cc1. The zero-order valence-electron chi connectivity index (χ0n) is 15.0. The van der Waals surface area contributed by atoms with Gasteiger partial charge in [-0.1, -0.05) is 18.2 Å². The zero-order chi connectivity index (χ0) is 20.0. The monoisotopic (exact) mass is 389 g/mol. The smallest absolute Gasteiger partial charge is 0.416 e. The maximum absolute atomic E-state index is 12.8. The van der Waals surface area contributed by atoms with Crippen LogP contribution in [0.3, 0.4) is 0 Å². The van der Waals surface area contributed by atoms with Gasteiger partial charge < -0.3 is 15.4 Å². The molecule has 0 saturated carbocycles. The number of rotatable bonds is 7. The van der Waals surface area contributed by atoms with Crippen molar-refractivity contribution < 1.29 is 17.9 Å². The molecule has 0 unspecified atom stereocenters. The minimum Gasteiger partial charge on any atom is -0.497 e. The fourth-order valence-electron chi connectivity index (χ4n) is 2.47. The largest absolute Gasteiger partial charge is 0.497 e. The molecule has 9 heteroatoms. The molecule has 3 rings (SSSR count). The Hall–Kier alpha value is -3.36. The average Bonchev–Trinajstić information content (AvgIpc) is 2.68. The van der Waals surface area contributed by atoms with Crippen LogP contribution in [0.5, 0.6) is 5.75 Å². The molecule has 0 saturated heterocycles. The summed E-state index contributed by atoms with van der Waals surface area (Å²) in [5, 5.41) is 13.6. The Balaban J connectivity index is 1.59. The molecule has 0 radical (unpaired) electrons. The molecule has 1 aromatic heterocycles. The van der Waals surface area contributed by atoms with Gasteiger partial charge >= 0.3 is 6.18 Å². The van der Waals surface area contributed by atoms with Crippen LogP contribution in [0.15, 0.2) is 54.7 Å². The number of benzene rings is 2. The number of hydrogen-bond donors (Lipinski definition) is 2. The van der Waals surface area contributed by atoms with E-state index in [1.165, 1.54) is 18.3 Å². The third kappa shape index (κ3) is 5.32. The first-order valence-corrected chi connectivity index (χ1v) is 8.45. The van der Waals surface area contributed by atoms with Crippen LogP contribution in [0.25, 0.3) is 0 Å². The van der Waals surface area contributed by atoms with Crippen LogP contribution in [-0.4, -0.2) is 28.8 Å². The van der Waals surface area contributed by atoms with Gasteiger partial charge in [0.1, 0.15) is 5.75 Å². The first-order chi connectivity index (χ1) is 13.4. The van der Waals surface area contributed by atoms with Crippen molar-refractivity contribution in [3.8, 4) is 5.75 Å². The van der Waals surface area contributed by atoms with Crippen molar-refractivity contribution in [3.63, 3.8) is 0 Å². The van der Waals surface area contributed by atoms with Crippen LogP contribution in [0.1, 0.15) is 11.1 Å². The molecule has 2 aromatic carbocycles. The number of anilines is 3. The van der Waals surface area contributed by atoms with E-state index in [2.05, 4.69) is 25.8 Å². The highest BCUT2D eigenvalue weighted by molar-refractivity contribution is 5.57. The Kier molecular flexibility index (Phi) is 5.93. The summed E-state index contributed by atoms with van der Waals surface area (Å²) in [5.41, 5.74) is 0.636. The molecule has 0 aliphatic rings. The van der Waals surface area contributed by atoms with Crippen molar-refractivity contribution in [3.05, 3.63) is 65.9 Å². The number of hydrogen-bond acceptors (Lipinski definition) is 6. The predicted octanol–water partition coefficient (Wildman–Crippen LogP) is 4.30. The summed E-state index contributed by atoms with van der Waals surface area (Å²) in [4.78, 5) is 4.22. The van der Waals surface area contributed by atoms with E-state index in [0.29, 0.717) is 12.4 Å². The van der Waals surface area contributed by atoms with E-state index in [1.54, 1.807) is 7.11 Å². The summed E-state index contributed by atoms with van der Waals surface area (Å²) < 4.78 is 43.5. The highest BCUT2D eigenvalue weighted by atomic mass is 19.4. The Morgan fingerprint density at radius 1 is 1.07 bits per heavy atom. The van der Waals surface area contributed by atoms with E-state index in [0.717, 1.165) is 29.9 Å². The highest BCUT2D eigenvalue weighted by Crippen LogP contribution is 2.31. The molecule has 0 bridgehead atoms. The number of nitrogens with one attached hydrogen (secondary N) is 2. The van der Waals surface area contributed by atoms with Crippen LogP contribution < -0.4 is 15.4 Å². The van der Waals surface area contributed by atoms with Crippen molar-refractivity contribution in [2.75, 3.05) is 24.3 Å². The summed E-state index contributed by atoms with van der Waals surface area (Å²) in [6.45, 7) is 0.570. The van der Waals surface area contributed by atoms with E-state index in [9.17, 15) is 13.2 Å². The third-order valence-electron chi connectivity index (χ3n) is 3.88. The normalized spacial score (nSPS) is 11.1. The summed E-state index contributed by atoms with van der Waals surface area (Å²) in [6, 6.07) is 12.6. The molecule has 0 spiro atoms. The molecule has 2 N–H and O–H groups in total. The van der Waals surface area contributed by atoms with Crippen LogP contribution in [0, 0.1) is 0 Å². The lowest BCUT2D eigenvalue weighted by Crippen LogP contribution is -2.10. The molecule has 6 nitrogen and oxygen atoms in total. The predicted molar refractivity (Wildman–Crippen MR) is 99.7 cm³/mol. The lowest BCUT2D eigenvalue weighted by molar-refractivity contribution is -0.137. The maximum atomic E-state index is 12.8. The number of aromatic nitrogens is 3. The van der Waals surface area contributed by atoms with E-state index < -0.39 is 11.7 Å². The average molecular weight is 389 g/mol. The van der Waals surface area contributed by atoms with Crippen molar-refractivity contribution >= 4 is 17.5 Å². The molecule has 146 valence electrons. The summed E-state index contributed by atoms with van der Waals surface area (Å²) in [6.07, 6.45) is -2.33. The van der Waals surface area contributed by atoms with E-state index in [4.69, 9.17) is 4.74 Å². The van der Waals surface area contributed by atoms with Crippen LogP contribution in [0.2, 0.25) is 0 Å². The molecular formula is C19H18F3N5O. The van der Waals surface area contributed by atoms with Gasteiger partial charge in [0.05, 0.1) is 18.9 Å². The Bertz CT molecular complexity index is 916. The second kappa shape index (κ2) is 8.55. The molecule has 0 atom stereocenters. The van der Waals surface area contributed by atoms with Crippen LogP contribution in [-0.2, 0) is 12.6 Å². The highest BCUT2D eigenvalue weighted by Gasteiger charge is 2.30. The maximum Gasteiger partial charge on any atom is 0.416 e. The fraction of sp³-hybridized carbons (Fsp3) is 0.211. The number of ether oxygens (including phenoxy) is 1. The summed E-state index contributed by atoms with van der Waals surface area (Å²) >= 11 is 0. The van der Waals surface area contributed by atoms with E-state index in [-0.39, 0.29) is 11.6 Å². The Morgan fingerprint density at radius 3 is 2.57 bits per heavy atom. The lowest BCUT2D eigenvalue weighted by atomic mass is 10.1. The second-order valence-corrected chi connectivity index (χ2v) is 5.89. The van der Waals surface area contributed by atoms with E-state index >= 15 is 0 Å². The molecule has 0 aliphatic heterocycles. The molecule has 1 heterocycles.